The van der Waals surface area contributed by atoms with Crippen molar-refractivity contribution in [1.29, 1.82) is 0 Å². The molecule has 0 radical (unpaired) electrons. The summed E-state index contributed by atoms with van der Waals surface area (Å²) < 4.78 is 3.22. The smallest absolute Gasteiger partial charge is 0.274 e. The number of anilines is 1. The van der Waals surface area contributed by atoms with E-state index in [2.05, 4.69) is 15.3 Å². The molecule has 4 aromatic rings. The van der Waals surface area contributed by atoms with Gasteiger partial charge in [-0.15, -0.1) is 11.8 Å². The van der Waals surface area contributed by atoms with E-state index < -0.39 is 0 Å². The van der Waals surface area contributed by atoms with Crippen molar-refractivity contribution in [3.05, 3.63) is 87.6 Å². The molecule has 158 valence electrons. The van der Waals surface area contributed by atoms with Gasteiger partial charge in [0.1, 0.15) is 6.33 Å². The molecule has 2 heterocycles. The highest BCUT2D eigenvalue weighted by atomic mass is 35.5. The SMILES string of the molecule is CC(C)n1cnc2nc(CSc3ccccc3NC(=O)c3cccc(Cl)c3)cc(=O)n21. The number of nitrogens with one attached hydrogen (secondary N) is 1. The van der Waals surface area contributed by atoms with E-state index in [9.17, 15) is 9.59 Å². The molecule has 0 atom stereocenters. The molecule has 2 aromatic heterocycles. The van der Waals surface area contributed by atoms with Gasteiger partial charge in [-0.1, -0.05) is 29.8 Å². The van der Waals surface area contributed by atoms with Crippen LogP contribution in [-0.4, -0.2) is 25.1 Å². The molecule has 0 aliphatic carbocycles. The number of amides is 1. The number of carbonyl (C=O) groups excluding carboxylic acids is 1. The van der Waals surface area contributed by atoms with Gasteiger partial charge in [0.2, 0.25) is 0 Å². The molecule has 0 bridgehead atoms. The van der Waals surface area contributed by atoms with Crippen LogP contribution in [0, 0.1) is 0 Å². The highest BCUT2D eigenvalue weighted by Gasteiger charge is 2.13. The third-order valence-electron chi connectivity index (χ3n) is 4.58. The van der Waals surface area contributed by atoms with Crippen LogP contribution >= 0.6 is 23.4 Å². The molecule has 2 aromatic carbocycles. The second-order valence-corrected chi connectivity index (χ2v) is 8.62. The number of hydrogen-bond acceptors (Lipinski definition) is 5. The number of rotatable bonds is 6. The van der Waals surface area contributed by atoms with Crippen molar-refractivity contribution in [3.63, 3.8) is 0 Å². The molecular formula is C22H20ClN5O2S. The number of halogens is 1. The molecule has 9 heteroatoms. The highest BCUT2D eigenvalue weighted by molar-refractivity contribution is 7.98. The Morgan fingerprint density at radius 2 is 1.97 bits per heavy atom. The van der Waals surface area contributed by atoms with Crippen LogP contribution in [0.4, 0.5) is 5.69 Å². The van der Waals surface area contributed by atoms with Gasteiger partial charge >= 0.3 is 0 Å². The summed E-state index contributed by atoms with van der Waals surface area (Å²) in [4.78, 5) is 34.8. The van der Waals surface area contributed by atoms with Crippen molar-refractivity contribution in [2.24, 2.45) is 0 Å². The van der Waals surface area contributed by atoms with Crippen LogP contribution in [-0.2, 0) is 5.75 Å². The van der Waals surface area contributed by atoms with E-state index >= 15 is 0 Å². The number of aromatic nitrogens is 4. The maximum Gasteiger partial charge on any atom is 0.274 e. The maximum atomic E-state index is 12.6. The lowest BCUT2D eigenvalue weighted by Crippen LogP contribution is -2.22. The average Bonchev–Trinajstić information content (AvgIpc) is 3.18. The average molecular weight is 454 g/mol. The lowest BCUT2D eigenvalue weighted by Gasteiger charge is -2.11. The fourth-order valence-electron chi connectivity index (χ4n) is 3.08. The van der Waals surface area contributed by atoms with E-state index in [4.69, 9.17) is 11.6 Å². The minimum absolute atomic E-state index is 0.0970. The minimum Gasteiger partial charge on any atom is -0.321 e. The van der Waals surface area contributed by atoms with Crippen LogP contribution in [0.3, 0.4) is 0 Å². The fourth-order valence-corrected chi connectivity index (χ4v) is 4.17. The largest absolute Gasteiger partial charge is 0.321 e. The van der Waals surface area contributed by atoms with E-state index in [0.29, 0.717) is 33.5 Å². The fraction of sp³-hybridized carbons (Fsp3) is 0.182. The number of para-hydroxylation sites is 1. The lowest BCUT2D eigenvalue weighted by atomic mass is 10.2. The first-order chi connectivity index (χ1) is 14.9. The quantitative estimate of drug-likeness (QED) is 0.429. The van der Waals surface area contributed by atoms with Gasteiger partial charge in [0.05, 0.1) is 11.4 Å². The van der Waals surface area contributed by atoms with Gasteiger partial charge in [0.15, 0.2) is 0 Å². The van der Waals surface area contributed by atoms with Gasteiger partial charge in [-0.05, 0) is 44.2 Å². The third-order valence-corrected chi connectivity index (χ3v) is 5.92. The Bertz CT molecular complexity index is 1310. The Hall–Kier alpha value is -3.10. The van der Waals surface area contributed by atoms with E-state index in [1.165, 1.54) is 22.3 Å². The summed E-state index contributed by atoms with van der Waals surface area (Å²) in [5.41, 5.74) is 1.61. The summed E-state index contributed by atoms with van der Waals surface area (Å²) in [5.74, 6) is 0.594. The summed E-state index contributed by atoms with van der Waals surface area (Å²) >= 11 is 7.47. The summed E-state index contributed by atoms with van der Waals surface area (Å²) in [7, 11) is 0. The molecule has 0 saturated carbocycles. The monoisotopic (exact) mass is 453 g/mol. The van der Waals surface area contributed by atoms with E-state index in [-0.39, 0.29) is 17.5 Å². The Morgan fingerprint density at radius 3 is 2.74 bits per heavy atom. The second-order valence-electron chi connectivity index (χ2n) is 7.17. The number of hydrogen-bond donors (Lipinski definition) is 1. The maximum absolute atomic E-state index is 12.6. The van der Waals surface area contributed by atoms with Gasteiger partial charge in [-0.25, -0.2) is 4.98 Å². The van der Waals surface area contributed by atoms with Crippen molar-refractivity contribution in [3.8, 4) is 0 Å². The summed E-state index contributed by atoms with van der Waals surface area (Å²) in [6, 6.07) is 15.9. The molecule has 0 aliphatic rings. The molecule has 0 spiro atoms. The molecule has 0 fully saturated rings. The normalized spacial score (nSPS) is 11.2. The van der Waals surface area contributed by atoms with E-state index in [1.807, 2.05) is 38.1 Å². The number of benzene rings is 2. The van der Waals surface area contributed by atoms with Crippen LogP contribution in [0.15, 0.2) is 70.6 Å². The molecule has 0 aliphatic heterocycles. The van der Waals surface area contributed by atoms with Crippen LogP contribution in [0.5, 0.6) is 0 Å². The Kier molecular flexibility index (Phi) is 6.11. The zero-order valence-corrected chi connectivity index (χ0v) is 18.5. The van der Waals surface area contributed by atoms with Gasteiger partial charge in [0.25, 0.3) is 17.2 Å². The summed E-state index contributed by atoms with van der Waals surface area (Å²) in [6.45, 7) is 3.96. The van der Waals surface area contributed by atoms with Gasteiger partial charge in [-0.3, -0.25) is 14.3 Å². The Morgan fingerprint density at radius 1 is 1.16 bits per heavy atom. The van der Waals surface area contributed by atoms with Crippen molar-refractivity contribution in [2.45, 2.75) is 30.5 Å². The van der Waals surface area contributed by atoms with E-state index in [0.717, 1.165) is 4.90 Å². The second kappa shape index (κ2) is 8.95. The van der Waals surface area contributed by atoms with Crippen LogP contribution < -0.4 is 10.9 Å². The standard InChI is InChI=1S/C22H20ClN5O2S/c1-14(2)27-13-24-22-25-17(11-20(29)28(22)27)12-31-19-9-4-3-8-18(19)26-21(30)15-6-5-7-16(23)10-15/h3-11,13-14H,12H2,1-2H3,(H,26,30). The first-order valence-corrected chi connectivity index (χ1v) is 11.0. The topological polar surface area (TPSA) is 81.3 Å². The molecule has 1 amide bonds. The zero-order valence-electron chi connectivity index (χ0n) is 16.9. The van der Waals surface area contributed by atoms with Crippen LogP contribution in [0.2, 0.25) is 5.02 Å². The number of nitrogens with zero attached hydrogens (tertiary/aromatic N) is 4. The number of thioether (sulfide) groups is 1. The summed E-state index contributed by atoms with van der Waals surface area (Å²) in [6.07, 6.45) is 1.62. The number of fused-ring (bicyclic) bond motifs is 1. The number of carbonyl (C=O) groups is 1. The van der Waals surface area contributed by atoms with Gasteiger partial charge < -0.3 is 5.32 Å². The summed E-state index contributed by atoms with van der Waals surface area (Å²) in [5, 5.41) is 3.43. The van der Waals surface area contributed by atoms with E-state index in [1.54, 1.807) is 35.3 Å². The van der Waals surface area contributed by atoms with Crippen LogP contribution in [0.1, 0.15) is 35.9 Å². The zero-order chi connectivity index (χ0) is 22.0. The van der Waals surface area contributed by atoms with Crippen molar-refractivity contribution >= 4 is 40.7 Å². The molecule has 1 N–H and O–H groups in total. The first-order valence-electron chi connectivity index (χ1n) is 9.67. The highest BCUT2D eigenvalue weighted by Crippen LogP contribution is 2.29. The van der Waals surface area contributed by atoms with Crippen LogP contribution in [0.25, 0.3) is 5.78 Å². The third kappa shape index (κ3) is 4.65. The molecular weight excluding hydrogens is 434 g/mol. The van der Waals surface area contributed by atoms with Crippen molar-refractivity contribution < 1.29 is 4.79 Å². The minimum atomic E-state index is -0.243. The Labute approximate surface area is 188 Å². The molecule has 0 unspecified atom stereocenters. The first kappa shape index (κ1) is 21.1. The molecule has 7 nitrogen and oxygen atoms in total. The lowest BCUT2D eigenvalue weighted by molar-refractivity contribution is 0.102. The van der Waals surface area contributed by atoms with Crippen molar-refractivity contribution in [2.75, 3.05) is 5.32 Å². The molecule has 4 rings (SSSR count). The van der Waals surface area contributed by atoms with Gasteiger partial charge in [-0.2, -0.15) is 9.50 Å². The Balaban J connectivity index is 1.53. The predicted octanol–water partition coefficient (Wildman–Crippen LogP) is 4.67. The molecule has 0 saturated heterocycles. The molecule has 31 heavy (non-hydrogen) atoms. The van der Waals surface area contributed by atoms with Gasteiger partial charge in [0, 0.05) is 33.3 Å². The predicted molar refractivity (Wildman–Crippen MR) is 123 cm³/mol. The van der Waals surface area contributed by atoms with Crippen molar-refractivity contribution in [1.82, 2.24) is 19.2 Å².